The number of sulfonamides is 1. The summed E-state index contributed by atoms with van der Waals surface area (Å²) in [5.74, 6) is 1.00. The Balaban J connectivity index is 1.01. The first-order valence-electron chi connectivity index (χ1n) is 16.2. The molecule has 1 aliphatic carbocycles. The molecule has 7 rings (SSSR count). The van der Waals surface area contributed by atoms with Gasteiger partial charge < -0.3 is 19.4 Å². The van der Waals surface area contributed by atoms with E-state index in [2.05, 4.69) is 14.9 Å². The van der Waals surface area contributed by atoms with E-state index in [1.807, 2.05) is 22.8 Å². The van der Waals surface area contributed by atoms with Crippen LogP contribution < -0.4 is 14.8 Å². The molecule has 0 spiro atoms. The summed E-state index contributed by atoms with van der Waals surface area (Å²) in [5, 5.41) is 11.6. The number of aromatic nitrogens is 3. The molecule has 48 heavy (non-hydrogen) atoms. The van der Waals surface area contributed by atoms with Crippen molar-refractivity contribution in [2.24, 2.45) is 0 Å². The minimum Gasteiger partial charge on any atom is -0.473 e. The largest absolute Gasteiger partial charge is 0.473 e. The first-order chi connectivity index (χ1) is 23.2. The van der Waals surface area contributed by atoms with Crippen molar-refractivity contribution < 1.29 is 27.1 Å². The van der Waals surface area contributed by atoms with Gasteiger partial charge in [0.05, 0.1) is 46.8 Å². The summed E-state index contributed by atoms with van der Waals surface area (Å²) in [6, 6.07) is 16.0. The van der Waals surface area contributed by atoms with Crippen LogP contribution >= 0.6 is 0 Å². The summed E-state index contributed by atoms with van der Waals surface area (Å²) >= 11 is 0. The number of fused-ring (bicyclic) bond motifs is 1. The Bertz CT molecular complexity index is 1980. The second-order valence-electron chi connectivity index (χ2n) is 12.6. The Hall–Kier alpha value is -4.58. The van der Waals surface area contributed by atoms with Crippen molar-refractivity contribution in [2.45, 2.75) is 74.8 Å². The number of nitrogens with one attached hydrogen (secondary N) is 2. The lowest BCUT2D eigenvalue weighted by Gasteiger charge is -2.32. The Morgan fingerprint density at radius 2 is 1.88 bits per heavy atom. The fraction of sp³-hybridized carbons (Fsp3) is 0.412. The second kappa shape index (κ2) is 13.5. The number of rotatable bonds is 11. The number of carbonyl (C=O) groups is 1. The number of halogens is 1. The van der Waals surface area contributed by atoms with E-state index in [9.17, 15) is 17.6 Å². The highest BCUT2D eigenvalue weighted by molar-refractivity contribution is 7.90. The van der Waals surface area contributed by atoms with Crippen molar-refractivity contribution >= 4 is 27.1 Å². The number of benzene rings is 2. The maximum atomic E-state index is 14.3. The van der Waals surface area contributed by atoms with Crippen LogP contribution in [0.1, 0.15) is 60.7 Å². The van der Waals surface area contributed by atoms with Crippen molar-refractivity contribution in [3.63, 3.8) is 0 Å². The third-order valence-corrected chi connectivity index (χ3v) is 10.4. The van der Waals surface area contributed by atoms with Crippen LogP contribution in [0, 0.1) is 17.1 Å². The minimum atomic E-state index is -4.07. The van der Waals surface area contributed by atoms with Crippen LogP contribution in [0.2, 0.25) is 0 Å². The number of amides is 2. The molecule has 250 valence electrons. The number of urea groups is 1. The molecule has 2 aromatic heterocycles. The van der Waals surface area contributed by atoms with Crippen molar-refractivity contribution in [2.75, 3.05) is 19.7 Å². The SMILES string of the molecule is N#Cc1ccc(COc2cccc(C3CCN(Cc4nc5ccc(S(=O)(=O)NC(=O)NC6CC6)cc5n4C[C@@H]4CCO4)CC3)n2)c(F)c1. The quantitative estimate of drug-likeness (QED) is 0.237. The van der Waals surface area contributed by atoms with Crippen LogP contribution in [0.3, 0.4) is 0 Å². The fourth-order valence-corrected chi connectivity index (χ4v) is 7.05. The van der Waals surface area contributed by atoms with E-state index in [-0.39, 0.29) is 35.1 Å². The molecule has 2 aliphatic heterocycles. The molecule has 4 aromatic rings. The van der Waals surface area contributed by atoms with E-state index in [1.54, 1.807) is 30.3 Å². The van der Waals surface area contributed by atoms with Gasteiger partial charge in [-0.2, -0.15) is 5.26 Å². The van der Waals surface area contributed by atoms with Gasteiger partial charge in [0.15, 0.2) is 0 Å². The Morgan fingerprint density at radius 1 is 1.06 bits per heavy atom. The predicted octanol–water partition coefficient (Wildman–Crippen LogP) is 4.34. The summed E-state index contributed by atoms with van der Waals surface area (Å²) in [5.41, 5.74) is 2.91. The molecule has 4 heterocycles. The average Bonchev–Trinajstić information content (AvgIpc) is 3.81. The summed E-state index contributed by atoms with van der Waals surface area (Å²) < 4.78 is 56.1. The molecule has 1 atom stereocenters. The van der Waals surface area contributed by atoms with Gasteiger partial charge in [-0.25, -0.2) is 32.3 Å². The molecule has 2 saturated heterocycles. The molecule has 12 nitrogen and oxygen atoms in total. The van der Waals surface area contributed by atoms with Crippen molar-refractivity contribution in [1.82, 2.24) is 29.5 Å². The van der Waals surface area contributed by atoms with E-state index >= 15 is 0 Å². The topological polar surface area (TPSA) is 151 Å². The summed E-state index contributed by atoms with van der Waals surface area (Å²) in [4.78, 5) is 24.2. The van der Waals surface area contributed by atoms with E-state index < -0.39 is 21.9 Å². The smallest absolute Gasteiger partial charge is 0.328 e. The second-order valence-corrected chi connectivity index (χ2v) is 14.3. The zero-order chi connectivity index (χ0) is 33.3. The third-order valence-electron chi connectivity index (χ3n) is 9.10. The Morgan fingerprint density at radius 3 is 2.58 bits per heavy atom. The summed E-state index contributed by atoms with van der Waals surface area (Å²) in [6.45, 7) is 3.49. The van der Waals surface area contributed by atoms with E-state index in [1.165, 1.54) is 12.1 Å². The number of likely N-dealkylation sites (tertiary alicyclic amines) is 1. The van der Waals surface area contributed by atoms with Gasteiger partial charge in [-0.1, -0.05) is 12.1 Å². The molecular formula is C34H36FN7O5S. The summed E-state index contributed by atoms with van der Waals surface area (Å²) in [6.07, 6.45) is 4.42. The maximum Gasteiger partial charge on any atom is 0.328 e. The molecule has 3 aliphatic rings. The average molecular weight is 674 g/mol. The van der Waals surface area contributed by atoms with E-state index in [0.29, 0.717) is 42.2 Å². The predicted molar refractivity (Wildman–Crippen MR) is 173 cm³/mol. The Kier molecular flexibility index (Phi) is 9.00. The molecule has 1 saturated carbocycles. The summed E-state index contributed by atoms with van der Waals surface area (Å²) in [7, 11) is -4.07. The molecule has 3 fully saturated rings. The van der Waals surface area contributed by atoms with Crippen LogP contribution in [0.25, 0.3) is 11.0 Å². The molecule has 14 heteroatoms. The first-order valence-corrected chi connectivity index (χ1v) is 17.7. The highest BCUT2D eigenvalue weighted by atomic mass is 32.2. The number of pyridine rings is 1. The molecule has 2 N–H and O–H groups in total. The van der Waals surface area contributed by atoms with Gasteiger partial charge in [0, 0.05) is 35.9 Å². The molecule has 2 aromatic carbocycles. The van der Waals surface area contributed by atoms with Crippen LogP contribution in [0.15, 0.2) is 59.5 Å². The van der Waals surface area contributed by atoms with Crippen LogP contribution in [0.5, 0.6) is 5.88 Å². The molecule has 2 amide bonds. The van der Waals surface area contributed by atoms with Gasteiger partial charge in [0.2, 0.25) is 5.88 Å². The number of hydrogen-bond acceptors (Lipinski definition) is 9. The molecular weight excluding hydrogens is 637 g/mol. The monoisotopic (exact) mass is 673 g/mol. The number of imidazole rings is 1. The van der Waals surface area contributed by atoms with Crippen LogP contribution in [-0.2, 0) is 34.5 Å². The fourth-order valence-electron chi connectivity index (χ4n) is 6.11. The lowest BCUT2D eigenvalue weighted by atomic mass is 9.93. The lowest BCUT2D eigenvalue weighted by molar-refractivity contribution is -0.0592. The number of ether oxygens (including phenoxy) is 2. The number of piperidine rings is 1. The zero-order valence-corrected chi connectivity index (χ0v) is 27.1. The van der Waals surface area contributed by atoms with E-state index in [4.69, 9.17) is 24.7 Å². The number of nitriles is 1. The normalized spacial score (nSPS) is 18.6. The standard InChI is InChI=1S/C34H36FN7O5S/c35-28-16-22(18-36)4-5-24(28)21-47-33-3-1-2-29(39-33)23-10-13-41(14-11-23)20-32-38-30-9-8-27(17-31(30)42(32)19-26-12-15-46-26)48(44,45)40-34(43)37-25-6-7-25/h1-5,8-9,16-17,23,25-26H,6-7,10-15,19-21H2,(H2,37,40,43)/t26-/m0/s1. The van der Waals surface area contributed by atoms with Gasteiger partial charge in [-0.15, -0.1) is 0 Å². The van der Waals surface area contributed by atoms with Gasteiger partial charge in [0.25, 0.3) is 10.0 Å². The molecule has 0 bridgehead atoms. The van der Waals surface area contributed by atoms with Crippen molar-refractivity contribution in [3.8, 4) is 11.9 Å². The zero-order valence-electron chi connectivity index (χ0n) is 26.3. The number of carbonyl (C=O) groups excluding carboxylic acids is 1. The van der Waals surface area contributed by atoms with Crippen molar-refractivity contribution in [3.05, 3.63) is 83.1 Å². The number of nitrogens with zero attached hydrogens (tertiary/aromatic N) is 5. The van der Waals surface area contributed by atoms with Crippen LogP contribution in [0.4, 0.5) is 9.18 Å². The number of hydrogen-bond donors (Lipinski definition) is 2. The Labute approximate surface area is 277 Å². The van der Waals surface area contributed by atoms with Crippen molar-refractivity contribution in [1.29, 1.82) is 5.26 Å². The molecule has 0 radical (unpaired) electrons. The maximum absolute atomic E-state index is 14.3. The lowest BCUT2D eigenvalue weighted by Crippen LogP contribution is -2.40. The van der Waals surface area contributed by atoms with Gasteiger partial charge in [-0.3, -0.25) is 4.90 Å². The first kappa shape index (κ1) is 32.0. The van der Waals surface area contributed by atoms with Crippen LogP contribution in [-0.4, -0.2) is 65.7 Å². The van der Waals surface area contributed by atoms with E-state index in [0.717, 1.165) is 56.7 Å². The highest BCUT2D eigenvalue weighted by Crippen LogP contribution is 2.30. The van der Waals surface area contributed by atoms with Gasteiger partial charge in [-0.05, 0) is 81.6 Å². The van der Waals surface area contributed by atoms with Gasteiger partial charge in [0.1, 0.15) is 18.2 Å². The highest BCUT2D eigenvalue weighted by Gasteiger charge is 2.28. The third kappa shape index (κ3) is 7.28. The minimum absolute atomic E-state index is 0.00439. The van der Waals surface area contributed by atoms with Gasteiger partial charge >= 0.3 is 6.03 Å². The molecule has 0 unspecified atom stereocenters.